The van der Waals surface area contributed by atoms with Gasteiger partial charge in [-0.3, -0.25) is 4.79 Å². The summed E-state index contributed by atoms with van der Waals surface area (Å²) < 4.78 is 4.97. The first-order valence-corrected chi connectivity index (χ1v) is 7.92. The molecule has 21 heavy (non-hydrogen) atoms. The van der Waals surface area contributed by atoms with Gasteiger partial charge in [0.1, 0.15) is 5.00 Å². The number of nitrogens with two attached hydrogens (primary N) is 1. The first-order chi connectivity index (χ1) is 9.78. The fraction of sp³-hybridized carbons (Fsp3) is 0.600. The molecular weight excluding hydrogens is 288 g/mol. The highest BCUT2D eigenvalue weighted by atomic mass is 32.1. The summed E-state index contributed by atoms with van der Waals surface area (Å²) in [7, 11) is 0. The number of anilines is 1. The Morgan fingerprint density at radius 3 is 2.62 bits per heavy atom. The van der Waals surface area contributed by atoms with Gasteiger partial charge in [0.2, 0.25) is 5.91 Å². The normalized spacial score (nSPS) is 12.8. The summed E-state index contributed by atoms with van der Waals surface area (Å²) in [6.45, 7) is 8.53. The van der Waals surface area contributed by atoms with E-state index in [9.17, 15) is 9.59 Å². The first kappa shape index (κ1) is 17.7. The SMILES string of the molecule is CCOC(=O)c1ccsc1NC(=O)C(CN)CC(C)(C)C. The quantitative estimate of drug-likeness (QED) is 0.791. The van der Waals surface area contributed by atoms with E-state index in [-0.39, 0.29) is 23.8 Å². The third kappa shape index (κ3) is 5.47. The molecule has 1 unspecified atom stereocenters. The predicted octanol–water partition coefficient (Wildman–Crippen LogP) is 2.87. The van der Waals surface area contributed by atoms with Crippen molar-refractivity contribution in [2.75, 3.05) is 18.5 Å². The summed E-state index contributed by atoms with van der Waals surface area (Å²) in [5.41, 5.74) is 6.11. The number of nitrogens with one attached hydrogen (secondary N) is 1. The van der Waals surface area contributed by atoms with Crippen LogP contribution in [0.5, 0.6) is 0 Å². The highest BCUT2D eigenvalue weighted by Gasteiger charge is 2.25. The molecule has 0 aliphatic rings. The fourth-order valence-electron chi connectivity index (χ4n) is 2.01. The van der Waals surface area contributed by atoms with Gasteiger partial charge in [0, 0.05) is 6.54 Å². The number of ether oxygens (including phenoxy) is 1. The molecule has 1 heterocycles. The Balaban J connectivity index is 2.78. The Morgan fingerprint density at radius 2 is 2.10 bits per heavy atom. The van der Waals surface area contributed by atoms with Gasteiger partial charge in [0.15, 0.2) is 0 Å². The van der Waals surface area contributed by atoms with E-state index in [1.807, 2.05) is 0 Å². The largest absolute Gasteiger partial charge is 0.462 e. The maximum absolute atomic E-state index is 12.3. The standard InChI is InChI=1S/C15H24N2O3S/c1-5-20-14(19)11-6-7-21-13(11)17-12(18)10(9-16)8-15(2,3)4/h6-7,10H,5,8-9,16H2,1-4H3,(H,17,18). The van der Waals surface area contributed by atoms with E-state index < -0.39 is 5.97 Å². The van der Waals surface area contributed by atoms with Crippen molar-refractivity contribution in [2.24, 2.45) is 17.1 Å². The molecule has 1 rings (SSSR count). The predicted molar refractivity (Wildman–Crippen MR) is 85.5 cm³/mol. The van der Waals surface area contributed by atoms with Crippen molar-refractivity contribution in [3.8, 4) is 0 Å². The van der Waals surface area contributed by atoms with Crippen molar-refractivity contribution in [3.05, 3.63) is 17.0 Å². The topological polar surface area (TPSA) is 81.4 Å². The van der Waals surface area contributed by atoms with Crippen LogP contribution in [0, 0.1) is 11.3 Å². The van der Waals surface area contributed by atoms with Gasteiger partial charge in [-0.15, -0.1) is 11.3 Å². The number of hydrogen-bond donors (Lipinski definition) is 2. The number of amides is 1. The molecule has 3 N–H and O–H groups in total. The summed E-state index contributed by atoms with van der Waals surface area (Å²) >= 11 is 1.30. The number of carbonyl (C=O) groups excluding carboxylic acids is 2. The molecule has 0 fully saturated rings. The van der Waals surface area contributed by atoms with E-state index in [0.717, 1.165) is 0 Å². The van der Waals surface area contributed by atoms with Crippen LogP contribution in [0.15, 0.2) is 11.4 Å². The van der Waals surface area contributed by atoms with Crippen LogP contribution < -0.4 is 11.1 Å². The van der Waals surface area contributed by atoms with Crippen molar-refractivity contribution >= 4 is 28.2 Å². The molecule has 0 spiro atoms. The molecule has 0 bridgehead atoms. The average molecular weight is 312 g/mol. The Bertz CT molecular complexity index is 491. The first-order valence-electron chi connectivity index (χ1n) is 7.04. The number of hydrogen-bond acceptors (Lipinski definition) is 5. The van der Waals surface area contributed by atoms with E-state index in [4.69, 9.17) is 10.5 Å². The molecule has 1 amide bonds. The molecule has 0 aliphatic carbocycles. The average Bonchev–Trinajstić information content (AvgIpc) is 2.83. The maximum Gasteiger partial charge on any atom is 0.341 e. The zero-order valence-corrected chi connectivity index (χ0v) is 13.9. The number of esters is 1. The lowest BCUT2D eigenvalue weighted by atomic mass is 9.84. The third-order valence-electron chi connectivity index (χ3n) is 2.91. The summed E-state index contributed by atoms with van der Waals surface area (Å²) in [6.07, 6.45) is 0.690. The number of thiophene rings is 1. The minimum absolute atomic E-state index is 0.0147. The van der Waals surface area contributed by atoms with Crippen LogP contribution in [0.3, 0.4) is 0 Å². The Kier molecular flexibility index (Phi) is 6.36. The van der Waals surface area contributed by atoms with Crippen molar-refractivity contribution in [2.45, 2.75) is 34.1 Å². The summed E-state index contributed by atoms with van der Waals surface area (Å²) in [4.78, 5) is 24.1. The molecule has 1 atom stereocenters. The van der Waals surface area contributed by atoms with Crippen LogP contribution in [0.1, 0.15) is 44.5 Å². The molecule has 118 valence electrons. The molecule has 0 saturated heterocycles. The Hall–Kier alpha value is -1.40. The molecule has 6 heteroatoms. The summed E-state index contributed by atoms with van der Waals surface area (Å²) in [6, 6.07) is 1.65. The van der Waals surface area contributed by atoms with Crippen LogP contribution >= 0.6 is 11.3 Å². The second-order valence-electron chi connectivity index (χ2n) is 6.07. The van der Waals surface area contributed by atoms with E-state index in [2.05, 4.69) is 26.1 Å². The Labute approximate surface area is 129 Å². The van der Waals surface area contributed by atoms with Gasteiger partial charge in [-0.25, -0.2) is 4.79 Å². The van der Waals surface area contributed by atoms with Gasteiger partial charge >= 0.3 is 5.97 Å². The van der Waals surface area contributed by atoms with Crippen molar-refractivity contribution in [3.63, 3.8) is 0 Å². The highest BCUT2D eigenvalue weighted by molar-refractivity contribution is 7.14. The van der Waals surface area contributed by atoms with Gasteiger partial charge in [-0.05, 0) is 30.2 Å². The van der Waals surface area contributed by atoms with E-state index in [0.29, 0.717) is 23.6 Å². The summed E-state index contributed by atoms with van der Waals surface area (Å²) in [5.74, 6) is -0.850. The number of carbonyl (C=O) groups is 2. The van der Waals surface area contributed by atoms with Gasteiger partial charge in [-0.1, -0.05) is 20.8 Å². The van der Waals surface area contributed by atoms with Crippen molar-refractivity contribution in [1.29, 1.82) is 0 Å². The molecule has 5 nitrogen and oxygen atoms in total. The second kappa shape index (κ2) is 7.56. The monoisotopic (exact) mass is 312 g/mol. The van der Waals surface area contributed by atoms with E-state index >= 15 is 0 Å². The van der Waals surface area contributed by atoms with Crippen LogP contribution in [0.25, 0.3) is 0 Å². The minimum Gasteiger partial charge on any atom is -0.462 e. The van der Waals surface area contributed by atoms with Crippen molar-refractivity contribution in [1.82, 2.24) is 0 Å². The van der Waals surface area contributed by atoms with E-state index in [1.165, 1.54) is 11.3 Å². The molecule has 1 aromatic heterocycles. The Morgan fingerprint density at radius 1 is 1.43 bits per heavy atom. The fourth-order valence-corrected chi connectivity index (χ4v) is 2.79. The zero-order valence-electron chi connectivity index (χ0n) is 13.1. The van der Waals surface area contributed by atoms with Gasteiger partial charge in [0.25, 0.3) is 0 Å². The van der Waals surface area contributed by atoms with Crippen LogP contribution in [0.2, 0.25) is 0 Å². The molecule has 1 aromatic rings. The molecule has 0 aliphatic heterocycles. The molecule has 0 radical (unpaired) electrons. The smallest absolute Gasteiger partial charge is 0.341 e. The van der Waals surface area contributed by atoms with Crippen molar-refractivity contribution < 1.29 is 14.3 Å². The third-order valence-corrected chi connectivity index (χ3v) is 3.74. The zero-order chi connectivity index (χ0) is 16.0. The van der Waals surface area contributed by atoms with Crippen LogP contribution in [-0.2, 0) is 9.53 Å². The van der Waals surface area contributed by atoms with Gasteiger partial charge in [0.05, 0.1) is 18.1 Å². The van der Waals surface area contributed by atoms with Crippen LogP contribution in [0.4, 0.5) is 5.00 Å². The highest BCUT2D eigenvalue weighted by Crippen LogP contribution is 2.28. The lowest BCUT2D eigenvalue weighted by molar-refractivity contribution is -0.120. The van der Waals surface area contributed by atoms with Crippen LogP contribution in [-0.4, -0.2) is 25.0 Å². The lowest BCUT2D eigenvalue weighted by Gasteiger charge is -2.24. The number of rotatable bonds is 6. The van der Waals surface area contributed by atoms with Gasteiger partial charge < -0.3 is 15.8 Å². The summed E-state index contributed by atoms with van der Waals surface area (Å²) in [5, 5.41) is 5.07. The minimum atomic E-state index is -0.422. The van der Waals surface area contributed by atoms with Gasteiger partial charge in [-0.2, -0.15) is 0 Å². The molecular formula is C15H24N2O3S. The second-order valence-corrected chi connectivity index (χ2v) is 6.99. The lowest BCUT2D eigenvalue weighted by Crippen LogP contribution is -2.32. The molecule has 0 saturated carbocycles. The molecule has 0 aromatic carbocycles. The maximum atomic E-state index is 12.3. The van der Waals surface area contributed by atoms with E-state index in [1.54, 1.807) is 18.4 Å².